The molecular weight excluding hydrogens is 404 g/mol. The van der Waals surface area contributed by atoms with E-state index in [2.05, 4.69) is 31.2 Å². The van der Waals surface area contributed by atoms with Crippen LogP contribution in [-0.4, -0.2) is 55.2 Å². The Morgan fingerprint density at radius 1 is 1.38 bits per heavy atom. The first-order valence-corrected chi connectivity index (χ1v) is 8.76. The lowest BCUT2D eigenvalue weighted by Crippen LogP contribution is -2.37. The van der Waals surface area contributed by atoms with Crippen LogP contribution in [0.25, 0.3) is 0 Å². The molecule has 1 aliphatic rings. The molecule has 0 spiro atoms. The Bertz CT molecular complexity index is 789. The number of carbonyl (C=O) groups is 1. The molecule has 0 bridgehead atoms. The molecular formula is C17H19BrN4O4. The van der Waals surface area contributed by atoms with Crippen LogP contribution in [0.1, 0.15) is 11.7 Å². The smallest absolute Gasteiger partial charge is 0.232 e. The fraction of sp³-hybridized carbons (Fsp3) is 0.353. The maximum atomic E-state index is 11.0. The maximum Gasteiger partial charge on any atom is 0.232 e. The number of aromatic nitrogens is 2. The van der Waals surface area contributed by atoms with Crippen molar-refractivity contribution >= 4 is 34.0 Å². The zero-order valence-electron chi connectivity index (χ0n) is 14.4. The Labute approximate surface area is 159 Å². The second kappa shape index (κ2) is 8.33. The van der Waals surface area contributed by atoms with E-state index in [-0.39, 0.29) is 6.10 Å². The molecule has 1 aliphatic heterocycles. The molecule has 1 amide bonds. The summed E-state index contributed by atoms with van der Waals surface area (Å²) >= 11 is 3.32. The van der Waals surface area contributed by atoms with Gasteiger partial charge < -0.3 is 24.4 Å². The number of ether oxygens (including phenoxy) is 3. The van der Waals surface area contributed by atoms with E-state index in [0.29, 0.717) is 47.4 Å². The van der Waals surface area contributed by atoms with Gasteiger partial charge in [-0.15, -0.1) is 0 Å². The Hall–Kier alpha value is -2.39. The maximum absolute atomic E-state index is 11.0. The molecule has 8 nitrogen and oxygen atoms in total. The van der Waals surface area contributed by atoms with E-state index in [1.807, 2.05) is 18.2 Å². The number of amides is 1. The third kappa shape index (κ3) is 4.05. The fourth-order valence-corrected chi connectivity index (χ4v) is 3.01. The van der Waals surface area contributed by atoms with E-state index >= 15 is 0 Å². The van der Waals surface area contributed by atoms with Crippen LogP contribution in [0.5, 0.6) is 11.6 Å². The fourth-order valence-electron chi connectivity index (χ4n) is 2.65. The molecule has 2 aromatic rings. The Kier molecular flexibility index (Phi) is 5.89. The number of hydrogen-bond acceptors (Lipinski definition) is 7. The molecule has 0 aliphatic carbocycles. The van der Waals surface area contributed by atoms with Crippen LogP contribution in [0, 0.1) is 0 Å². The van der Waals surface area contributed by atoms with Gasteiger partial charge in [0.2, 0.25) is 18.2 Å². The van der Waals surface area contributed by atoms with Gasteiger partial charge in [0.05, 0.1) is 43.7 Å². The Morgan fingerprint density at radius 3 is 2.96 bits per heavy atom. The largest absolute Gasteiger partial charge is 0.495 e. The number of halogens is 1. The summed E-state index contributed by atoms with van der Waals surface area (Å²) in [5, 5.41) is 3.12. The van der Waals surface area contributed by atoms with Gasteiger partial charge in [0, 0.05) is 6.54 Å². The van der Waals surface area contributed by atoms with Gasteiger partial charge in [-0.2, -0.15) is 4.98 Å². The minimum atomic E-state index is -0.180. The van der Waals surface area contributed by atoms with Crippen LogP contribution in [0.3, 0.4) is 0 Å². The summed E-state index contributed by atoms with van der Waals surface area (Å²) in [6.45, 7) is 1.64. The number of anilines is 2. The van der Waals surface area contributed by atoms with Gasteiger partial charge in [0.1, 0.15) is 11.9 Å². The summed E-state index contributed by atoms with van der Waals surface area (Å²) < 4.78 is 17.1. The number of hydrogen-bond donors (Lipinski definition) is 1. The van der Waals surface area contributed by atoms with E-state index in [4.69, 9.17) is 14.2 Å². The van der Waals surface area contributed by atoms with E-state index < -0.39 is 0 Å². The third-order valence-corrected chi connectivity index (χ3v) is 4.54. The lowest BCUT2D eigenvalue weighted by atomic mass is 10.1. The Balaban J connectivity index is 1.81. The summed E-state index contributed by atoms with van der Waals surface area (Å²) in [7, 11) is 3.13. The van der Waals surface area contributed by atoms with Crippen molar-refractivity contribution in [2.24, 2.45) is 0 Å². The minimum Gasteiger partial charge on any atom is -0.495 e. The van der Waals surface area contributed by atoms with Crippen molar-refractivity contribution in [3.8, 4) is 11.6 Å². The topological polar surface area (TPSA) is 85.8 Å². The van der Waals surface area contributed by atoms with Crippen LogP contribution in [-0.2, 0) is 9.53 Å². The highest BCUT2D eigenvalue weighted by Crippen LogP contribution is 2.32. The summed E-state index contributed by atoms with van der Waals surface area (Å²) in [5.41, 5.74) is 1.65. The monoisotopic (exact) mass is 422 g/mol. The van der Waals surface area contributed by atoms with Crippen molar-refractivity contribution in [1.29, 1.82) is 0 Å². The first kappa shape index (κ1) is 18.4. The third-order valence-electron chi connectivity index (χ3n) is 4.00. The van der Waals surface area contributed by atoms with Crippen molar-refractivity contribution in [3.63, 3.8) is 0 Å². The van der Waals surface area contributed by atoms with E-state index in [0.717, 1.165) is 12.0 Å². The van der Waals surface area contributed by atoms with Crippen molar-refractivity contribution in [1.82, 2.24) is 14.9 Å². The summed E-state index contributed by atoms with van der Waals surface area (Å²) in [4.78, 5) is 21.2. The van der Waals surface area contributed by atoms with Gasteiger partial charge in [0.25, 0.3) is 0 Å². The number of methoxy groups -OCH3 is 2. The molecule has 3 rings (SSSR count). The van der Waals surface area contributed by atoms with Crippen molar-refractivity contribution in [2.75, 3.05) is 39.2 Å². The van der Waals surface area contributed by atoms with Gasteiger partial charge in [-0.05, 0) is 33.6 Å². The first-order chi connectivity index (χ1) is 12.6. The molecule has 1 unspecified atom stereocenters. The molecule has 1 N–H and O–H groups in total. The van der Waals surface area contributed by atoms with Crippen LogP contribution in [0.4, 0.5) is 11.6 Å². The van der Waals surface area contributed by atoms with Gasteiger partial charge in [-0.3, -0.25) is 4.79 Å². The number of nitrogens with zero attached hydrogens (tertiary/aromatic N) is 3. The van der Waals surface area contributed by atoms with E-state index in [1.54, 1.807) is 25.3 Å². The molecule has 0 radical (unpaired) electrons. The van der Waals surface area contributed by atoms with Crippen LogP contribution in [0.15, 0.2) is 28.9 Å². The molecule has 26 heavy (non-hydrogen) atoms. The highest BCUT2D eigenvalue weighted by Gasteiger charge is 2.22. The number of nitrogens with one attached hydrogen (secondary N) is 1. The number of carbonyl (C=O) groups excluding carboxylic acids is 1. The molecule has 1 aromatic heterocycles. The van der Waals surface area contributed by atoms with E-state index in [1.165, 1.54) is 0 Å². The standard InChI is InChI=1S/C17H19BrN4O4/c1-24-14-7-11(15-9-22(10-23)5-6-26-15)3-4-13(14)20-17-19-8-12(18)16(21-17)25-2/h3-4,7-8,10,15H,5-6,9H2,1-2H3,(H,19,20,21). The highest BCUT2D eigenvalue weighted by molar-refractivity contribution is 9.10. The number of morpholine rings is 1. The Morgan fingerprint density at radius 2 is 2.23 bits per heavy atom. The van der Waals surface area contributed by atoms with E-state index in [9.17, 15) is 4.79 Å². The molecule has 1 saturated heterocycles. The van der Waals surface area contributed by atoms with Crippen molar-refractivity contribution < 1.29 is 19.0 Å². The van der Waals surface area contributed by atoms with Crippen LogP contribution >= 0.6 is 15.9 Å². The lowest BCUT2D eigenvalue weighted by Gasteiger charge is -2.30. The van der Waals surface area contributed by atoms with Gasteiger partial charge in [0.15, 0.2) is 0 Å². The molecule has 1 aromatic carbocycles. The van der Waals surface area contributed by atoms with Crippen molar-refractivity contribution in [2.45, 2.75) is 6.10 Å². The molecule has 2 heterocycles. The first-order valence-electron chi connectivity index (χ1n) is 7.97. The number of rotatable bonds is 6. The summed E-state index contributed by atoms with van der Waals surface area (Å²) in [6, 6.07) is 5.69. The molecule has 138 valence electrons. The molecule has 1 atom stereocenters. The predicted octanol–water partition coefficient (Wildman–Crippen LogP) is 2.53. The average molecular weight is 423 g/mol. The number of benzene rings is 1. The zero-order chi connectivity index (χ0) is 18.5. The van der Waals surface area contributed by atoms with Gasteiger partial charge in [-0.25, -0.2) is 4.98 Å². The quantitative estimate of drug-likeness (QED) is 0.715. The van der Waals surface area contributed by atoms with Gasteiger partial charge in [-0.1, -0.05) is 6.07 Å². The second-order valence-corrected chi connectivity index (χ2v) is 6.45. The highest BCUT2D eigenvalue weighted by atomic mass is 79.9. The van der Waals surface area contributed by atoms with Gasteiger partial charge >= 0.3 is 0 Å². The summed E-state index contributed by atoms with van der Waals surface area (Å²) in [5.74, 6) is 1.44. The average Bonchev–Trinajstić information content (AvgIpc) is 2.69. The molecule has 1 fully saturated rings. The minimum absolute atomic E-state index is 0.180. The normalized spacial score (nSPS) is 16.9. The summed E-state index contributed by atoms with van der Waals surface area (Å²) in [6.07, 6.45) is 2.28. The van der Waals surface area contributed by atoms with Crippen LogP contribution in [0.2, 0.25) is 0 Å². The molecule has 9 heteroatoms. The SMILES string of the molecule is COc1cc(C2CN(C=O)CCO2)ccc1Nc1ncc(Br)c(OC)n1. The molecule has 0 saturated carbocycles. The van der Waals surface area contributed by atoms with Crippen molar-refractivity contribution in [3.05, 3.63) is 34.4 Å². The van der Waals surface area contributed by atoms with Crippen LogP contribution < -0.4 is 14.8 Å². The lowest BCUT2D eigenvalue weighted by molar-refractivity contribution is -0.125. The zero-order valence-corrected chi connectivity index (χ0v) is 16.0. The second-order valence-electron chi connectivity index (χ2n) is 5.60. The predicted molar refractivity (Wildman–Crippen MR) is 98.9 cm³/mol.